The summed E-state index contributed by atoms with van der Waals surface area (Å²) in [5.74, 6) is 0.856. The summed E-state index contributed by atoms with van der Waals surface area (Å²) in [6, 6.07) is 15.4. The fraction of sp³-hybridized carbons (Fsp3) is 0.391. The minimum atomic E-state index is -0.0510. The Morgan fingerprint density at radius 2 is 1.72 bits per heavy atom. The summed E-state index contributed by atoms with van der Waals surface area (Å²) in [5.41, 5.74) is 1.89. The van der Waals surface area contributed by atoms with Gasteiger partial charge in [-0.25, -0.2) is 4.79 Å². The second-order valence-corrected chi connectivity index (χ2v) is 8.45. The van der Waals surface area contributed by atoms with E-state index in [0.29, 0.717) is 31.5 Å². The molecule has 0 spiro atoms. The number of benzene rings is 2. The summed E-state index contributed by atoms with van der Waals surface area (Å²) in [6.07, 6.45) is 2.17. The normalized spacial score (nSPS) is 15.6. The first-order chi connectivity index (χ1) is 14.0. The van der Waals surface area contributed by atoms with Crippen molar-refractivity contribution in [3.63, 3.8) is 0 Å². The zero-order valence-electron chi connectivity index (χ0n) is 16.9. The van der Waals surface area contributed by atoms with Gasteiger partial charge in [0.05, 0.1) is 7.11 Å². The van der Waals surface area contributed by atoms with E-state index < -0.39 is 0 Å². The van der Waals surface area contributed by atoms with E-state index in [1.54, 1.807) is 7.11 Å². The standard InChI is InChI=1S/C23H27BrN2O3/c1-16(15-17-3-7-20(24)8-4-17)25-23(28)26-13-11-19(12-14-26)22(27)18-5-9-21(29-2)10-6-18/h3-10,16,19H,11-15H2,1-2H3,(H,25,28). The van der Waals surface area contributed by atoms with Gasteiger partial charge in [0.25, 0.3) is 0 Å². The van der Waals surface area contributed by atoms with E-state index in [2.05, 4.69) is 33.4 Å². The zero-order valence-corrected chi connectivity index (χ0v) is 18.4. The Balaban J connectivity index is 1.47. The van der Waals surface area contributed by atoms with E-state index in [-0.39, 0.29) is 23.8 Å². The lowest BCUT2D eigenvalue weighted by Gasteiger charge is -2.32. The van der Waals surface area contributed by atoms with Crippen LogP contribution in [0.5, 0.6) is 5.75 Å². The van der Waals surface area contributed by atoms with Crippen LogP contribution in [0.1, 0.15) is 35.7 Å². The van der Waals surface area contributed by atoms with Gasteiger partial charge in [-0.3, -0.25) is 4.79 Å². The van der Waals surface area contributed by atoms with Gasteiger partial charge in [-0.2, -0.15) is 0 Å². The molecule has 0 radical (unpaired) electrons. The van der Waals surface area contributed by atoms with Gasteiger partial charge >= 0.3 is 6.03 Å². The lowest BCUT2D eigenvalue weighted by Crippen LogP contribution is -2.48. The molecule has 3 rings (SSSR count). The van der Waals surface area contributed by atoms with Gasteiger partial charge in [-0.05, 0) is 68.1 Å². The zero-order chi connectivity index (χ0) is 20.8. The average Bonchev–Trinajstić information content (AvgIpc) is 2.75. The monoisotopic (exact) mass is 458 g/mol. The van der Waals surface area contributed by atoms with Crippen molar-refractivity contribution in [2.45, 2.75) is 32.2 Å². The second-order valence-electron chi connectivity index (χ2n) is 7.54. The first-order valence-corrected chi connectivity index (χ1v) is 10.7. The Kier molecular flexibility index (Phi) is 7.31. The van der Waals surface area contributed by atoms with Gasteiger partial charge in [0, 0.05) is 35.1 Å². The molecule has 0 aliphatic carbocycles. The van der Waals surface area contributed by atoms with E-state index in [4.69, 9.17) is 4.74 Å². The van der Waals surface area contributed by atoms with Crippen LogP contribution in [0.2, 0.25) is 0 Å². The third kappa shape index (κ3) is 5.82. The lowest BCUT2D eigenvalue weighted by molar-refractivity contribution is 0.0853. The van der Waals surface area contributed by atoms with E-state index in [0.717, 1.165) is 16.6 Å². The largest absolute Gasteiger partial charge is 0.497 e. The molecule has 1 aliphatic rings. The van der Waals surface area contributed by atoms with Crippen molar-refractivity contribution in [1.82, 2.24) is 10.2 Å². The molecule has 1 atom stereocenters. The van der Waals surface area contributed by atoms with E-state index >= 15 is 0 Å². The fourth-order valence-corrected chi connectivity index (χ4v) is 3.93. The lowest BCUT2D eigenvalue weighted by atomic mass is 9.89. The molecule has 154 valence electrons. The molecule has 1 N–H and O–H groups in total. The Morgan fingerprint density at radius 1 is 1.10 bits per heavy atom. The molecule has 1 fully saturated rings. The highest BCUT2D eigenvalue weighted by atomic mass is 79.9. The van der Waals surface area contributed by atoms with E-state index in [1.807, 2.05) is 48.2 Å². The molecule has 2 aromatic rings. The van der Waals surface area contributed by atoms with Crippen LogP contribution in [0.3, 0.4) is 0 Å². The highest BCUT2D eigenvalue weighted by Gasteiger charge is 2.28. The topological polar surface area (TPSA) is 58.6 Å². The van der Waals surface area contributed by atoms with Crippen molar-refractivity contribution in [2.24, 2.45) is 5.92 Å². The molecule has 0 aromatic heterocycles. The molecule has 1 heterocycles. The Morgan fingerprint density at radius 3 is 2.31 bits per heavy atom. The summed E-state index contributed by atoms with van der Waals surface area (Å²) in [6.45, 7) is 3.21. The number of nitrogens with one attached hydrogen (secondary N) is 1. The number of hydrogen-bond acceptors (Lipinski definition) is 3. The van der Waals surface area contributed by atoms with Crippen LogP contribution in [-0.2, 0) is 6.42 Å². The van der Waals surface area contributed by atoms with Gasteiger partial charge < -0.3 is 15.0 Å². The first-order valence-electron chi connectivity index (χ1n) is 9.94. The van der Waals surface area contributed by atoms with Crippen molar-refractivity contribution < 1.29 is 14.3 Å². The molecule has 0 saturated carbocycles. The number of halogens is 1. The molecule has 6 heteroatoms. The number of likely N-dealkylation sites (tertiary alicyclic amines) is 1. The second kappa shape index (κ2) is 9.92. The highest BCUT2D eigenvalue weighted by Crippen LogP contribution is 2.23. The highest BCUT2D eigenvalue weighted by molar-refractivity contribution is 9.10. The number of piperidine rings is 1. The summed E-state index contributed by atoms with van der Waals surface area (Å²) in [5, 5.41) is 3.08. The maximum absolute atomic E-state index is 12.7. The number of ketones is 1. The SMILES string of the molecule is COc1ccc(C(=O)C2CCN(C(=O)NC(C)Cc3ccc(Br)cc3)CC2)cc1. The molecule has 1 aliphatic heterocycles. The molecule has 0 bridgehead atoms. The number of Topliss-reactive ketones (excluding diaryl/α,β-unsaturated/α-hetero) is 1. The van der Waals surface area contributed by atoms with Gasteiger partial charge in [0.1, 0.15) is 5.75 Å². The average molecular weight is 459 g/mol. The summed E-state index contributed by atoms with van der Waals surface area (Å²) < 4.78 is 6.19. The fourth-order valence-electron chi connectivity index (χ4n) is 3.66. The molecule has 2 aromatic carbocycles. The number of nitrogens with zero attached hydrogens (tertiary/aromatic N) is 1. The molecule has 29 heavy (non-hydrogen) atoms. The first kappa shape index (κ1) is 21.4. The number of urea groups is 1. The van der Waals surface area contributed by atoms with Crippen molar-refractivity contribution in [1.29, 1.82) is 0 Å². The van der Waals surface area contributed by atoms with Crippen LogP contribution in [0.25, 0.3) is 0 Å². The molecular weight excluding hydrogens is 432 g/mol. The van der Waals surface area contributed by atoms with Gasteiger partial charge in [-0.1, -0.05) is 28.1 Å². The van der Waals surface area contributed by atoms with Crippen LogP contribution in [0.15, 0.2) is 53.0 Å². The molecule has 2 amide bonds. The van der Waals surface area contributed by atoms with E-state index in [9.17, 15) is 9.59 Å². The van der Waals surface area contributed by atoms with Crippen LogP contribution < -0.4 is 10.1 Å². The van der Waals surface area contributed by atoms with Gasteiger partial charge in [0.15, 0.2) is 5.78 Å². The van der Waals surface area contributed by atoms with Crippen molar-refractivity contribution in [3.05, 3.63) is 64.1 Å². The van der Waals surface area contributed by atoms with Crippen molar-refractivity contribution in [3.8, 4) is 5.75 Å². The maximum Gasteiger partial charge on any atom is 0.317 e. The predicted molar refractivity (Wildman–Crippen MR) is 117 cm³/mol. The number of carbonyl (C=O) groups excluding carboxylic acids is 2. The molecule has 5 nitrogen and oxygen atoms in total. The Labute approximate surface area is 180 Å². The summed E-state index contributed by atoms with van der Waals surface area (Å²) in [7, 11) is 1.61. The Bertz CT molecular complexity index is 828. The minimum Gasteiger partial charge on any atom is -0.497 e. The van der Waals surface area contributed by atoms with Crippen LogP contribution >= 0.6 is 15.9 Å². The minimum absolute atomic E-state index is 0.0346. The molecule has 1 saturated heterocycles. The smallest absolute Gasteiger partial charge is 0.317 e. The Hall–Kier alpha value is -2.34. The summed E-state index contributed by atoms with van der Waals surface area (Å²) >= 11 is 3.43. The molecular formula is C23H27BrN2O3. The quantitative estimate of drug-likeness (QED) is 0.638. The number of carbonyl (C=O) groups is 2. The number of amides is 2. The third-order valence-corrected chi connectivity index (χ3v) is 5.88. The number of methoxy groups -OCH3 is 1. The van der Waals surface area contributed by atoms with Crippen molar-refractivity contribution in [2.75, 3.05) is 20.2 Å². The maximum atomic E-state index is 12.7. The molecule has 1 unspecified atom stereocenters. The summed E-state index contributed by atoms with van der Waals surface area (Å²) in [4.78, 5) is 27.1. The van der Waals surface area contributed by atoms with Crippen LogP contribution in [0.4, 0.5) is 4.79 Å². The van der Waals surface area contributed by atoms with Gasteiger partial charge in [-0.15, -0.1) is 0 Å². The third-order valence-electron chi connectivity index (χ3n) is 5.35. The van der Waals surface area contributed by atoms with E-state index in [1.165, 1.54) is 5.56 Å². The van der Waals surface area contributed by atoms with Crippen molar-refractivity contribution >= 4 is 27.7 Å². The number of ether oxygens (including phenoxy) is 1. The number of rotatable bonds is 6. The predicted octanol–water partition coefficient (Wildman–Crippen LogP) is 4.69. The van der Waals surface area contributed by atoms with Gasteiger partial charge in [0.2, 0.25) is 0 Å². The van der Waals surface area contributed by atoms with Crippen LogP contribution in [-0.4, -0.2) is 43.0 Å². The van der Waals surface area contributed by atoms with Crippen LogP contribution in [0, 0.1) is 5.92 Å². The number of hydrogen-bond donors (Lipinski definition) is 1.